The van der Waals surface area contributed by atoms with Crippen LogP contribution in [-0.2, 0) is 6.54 Å². The maximum atomic E-state index is 11.8. The molecule has 2 amide bonds. The van der Waals surface area contributed by atoms with Gasteiger partial charge in [0.2, 0.25) is 0 Å². The summed E-state index contributed by atoms with van der Waals surface area (Å²) < 4.78 is 0. The maximum Gasteiger partial charge on any atom is 0.321 e. The quantitative estimate of drug-likeness (QED) is 0.697. The SMILES string of the molecule is Cc1csc(NC(=O)NCCCCN(C)Cc2ccc(C)c(C)c2)n1. The van der Waals surface area contributed by atoms with Gasteiger partial charge in [-0.3, -0.25) is 5.32 Å². The molecule has 2 aromatic rings. The Hall–Kier alpha value is -1.92. The molecule has 0 fully saturated rings. The van der Waals surface area contributed by atoms with E-state index in [-0.39, 0.29) is 6.03 Å². The van der Waals surface area contributed by atoms with Gasteiger partial charge in [-0.15, -0.1) is 11.3 Å². The first-order valence-corrected chi connectivity index (χ1v) is 9.53. The number of nitrogens with zero attached hydrogens (tertiary/aromatic N) is 2. The van der Waals surface area contributed by atoms with Gasteiger partial charge in [0.25, 0.3) is 0 Å². The van der Waals surface area contributed by atoms with Crippen molar-refractivity contribution in [2.45, 2.75) is 40.2 Å². The second-order valence-corrected chi connectivity index (χ2v) is 7.40. The number of carbonyl (C=O) groups is 1. The molecule has 0 atom stereocenters. The van der Waals surface area contributed by atoms with Crippen molar-refractivity contribution in [3.63, 3.8) is 0 Å². The number of aryl methyl sites for hydroxylation is 3. The van der Waals surface area contributed by atoms with E-state index in [0.717, 1.165) is 31.6 Å². The highest BCUT2D eigenvalue weighted by molar-refractivity contribution is 7.13. The molecule has 0 saturated carbocycles. The summed E-state index contributed by atoms with van der Waals surface area (Å²) in [6.45, 7) is 8.85. The van der Waals surface area contributed by atoms with Gasteiger partial charge in [0.05, 0.1) is 5.69 Å². The fraction of sp³-hybridized carbons (Fsp3) is 0.474. The van der Waals surface area contributed by atoms with Crippen LogP contribution >= 0.6 is 11.3 Å². The van der Waals surface area contributed by atoms with Crippen molar-refractivity contribution in [3.8, 4) is 0 Å². The molecule has 0 unspecified atom stereocenters. The molecule has 6 heteroatoms. The molecule has 136 valence electrons. The number of benzene rings is 1. The minimum absolute atomic E-state index is 0.183. The average Bonchev–Trinajstić information content (AvgIpc) is 2.95. The van der Waals surface area contributed by atoms with Crippen LogP contribution in [0.4, 0.5) is 9.93 Å². The van der Waals surface area contributed by atoms with Crippen molar-refractivity contribution in [2.75, 3.05) is 25.5 Å². The highest BCUT2D eigenvalue weighted by Crippen LogP contribution is 2.14. The van der Waals surface area contributed by atoms with Crippen molar-refractivity contribution in [3.05, 3.63) is 46.0 Å². The van der Waals surface area contributed by atoms with Crippen molar-refractivity contribution in [2.24, 2.45) is 0 Å². The van der Waals surface area contributed by atoms with Gasteiger partial charge in [-0.25, -0.2) is 9.78 Å². The summed E-state index contributed by atoms with van der Waals surface area (Å²) in [7, 11) is 2.14. The third kappa shape index (κ3) is 6.84. The van der Waals surface area contributed by atoms with E-state index in [1.54, 1.807) is 0 Å². The highest BCUT2D eigenvalue weighted by Gasteiger charge is 2.05. The summed E-state index contributed by atoms with van der Waals surface area (Å²) in [5, 5.41) is 8.19. The summed E-state index contributed by atoms with van der Waals surface area (Å²) in [5.74, 6) is 0. The van der Waals surface area contributed by atoms with Crippen LogP contribution in [0.3, 0.4) is 0 Å². The molecule has 2 N–H and O–H groups in total. The molecule has 0 spiro atoms. The first kappa shape index (κ1) is 19.4. The molecule has 1 aromatic heterocycles. The number of carbonyl (C=O) groups excluding carboxylic acids is 1. The molecule has 5 nitrogen and oxygen atoms in total. The minimum Gasteiger partial charge on any atom is -0.338 e. The molecule has 0 bridgehead atoms. The van der Waals surface area contributed by atoms with Gasteiger partial charge in [-0.1, -0.05) is 18.2 Å². The Morgan fingerprint density at radius 1 is 1.20 bits per heavy atom. The van der Waals surface area contributed by atoms with Crippen LogP contribution in [0.5, 0.6) is 0 Å². The van der Waals surface area contributed by atoms with E-state index in [2.05, 4.69) is 59.6 Å². The number of hydrogen-bond donors (Lipinski definition) is 2. The number of thiazole rings is 1. The third-order valence-corrected chi connectivity index (χ3v) is 4.99. The molecule has 0 aliphatic rings. The van der Waals surface area contributed by atoms with Crippen molar-refractivity contribution in [1.29, 1.82) is 0 Å². The van der Waals surface area contributed by atoms with E-state index in [1.165, 1.54) is 28.0 Å². The molecular weight excluding hydrogens is 332 g/mol. The molecule has 0 radical (unpaired) electrons. The lowest BCUT2D eigenvalue weighted by Gasteiger charge is -2.17. The number of unbranched alkanes of at least 4 members (excludes halogenated alkanes) is 1. The van der Waals surface area contributed by atoms with Crippen LogP contribution in [0, 0.1) is 20.8 Å². The normalized spacial score (nSPS) is 10.9. The fourth-order valence-electron chi connectivity index (χ4n) is 2.55. The number of anilines is 1. The van der Waals surface area contributed by atoms with Crippen LogP contribution in [0.25, 0.3) is 0 Å². The monoisotopic (exact) mass is 360 g/mol. The molecule has 0 saturated heterocycles. The number of amides is 2. The Balaban J connectivity index is 1.58. The molecule has 25 heavy (non-hydrogen) atoms. The Bertz CT molecular complexity index is 698. The summed E-state index contributed by atoms with van der Waals surface area (Å²) in [6, 6.07) is 6.46. The summed E-state index contributed by atoms with van der Waals surface area (Å²) in [4.78, 5) is 18.3. The van der Waals surface area contributed by atoms with Gasteiger partial charge < -0.3 is 10.2 Å². The molecule has 1 heterocycles. The lowest BCUT2D eigenvalue weighted by Crippen LogP contribution is -2.30. The van der Waals surface area contributed by atoms with Crippen LogP contribution in [0.15, 0.2) is 23.6 Å². The van der Waals surface area contributed by atoms with E-state index in [9.17, 15) is 4.79 Å². The van der Waals surface area contributed by atoms with Gasteiger partial charge in [-0.05, 0) is 63.9 Å². The third-order valence-electron chi connectivity index (χ3n) is 4.12. The number of aromatic nitrogens is 1. The van der Waals surface area contributed by atoms with Crippen LogP contribution < -0.4 is 10.6 Å². The Morgan fingerprint density at radius 3 is 2.68 bits per heavy atom. The van der Waals surface area contributed by atoms with Gasteiger partial charge >= 0.3 is 6.03 Å². The Kier molecular flexibility index (Phi) is 7.40. The number of urea groups is 1. The smallest absolute Gasteiger partial charge is 0.321 e. The lowest BCUT2D eigenvalue weighted by molar-refractivity contribution is 0.251. The lowest BCUT2D eigenvalue weighted by atomic mass is 10.1. The van der Waals surface area contributed by atoms with Crippen LogP contribution in [0.2, 0.25) is 0 Å². The van der Waals surface area contributed by atoms with E-state index in [0.29, 0.717) is 11.7 Å². The van der Waals surface area contributed by atoms with Gasteiger partial charge in [0, 0.05) is 18.5 Å². The first-order chi connectivity index (χ1) is 11.9. The zero-order chi connectivity index (χ0) is 18.2. The predicted octanol–water partition coefficient (Wildman–Crippen LogP) is 4.10. The van der Waals surface area contributed by atoms with Gasteiger partial charge in [-0.2, -0.15) is 0 Å². The van der Waals surface area contributed by atoms with Crippen molar-refractivity contribution >= 4 is 22.5 Å². The predicted molar refractivity (Wildman–Crippen MR) is 105 cm³/mol. The Labute approximate surface area is 154 Å². The zero-order valence-corrected chi connectivity index (χ0v) is 16.4. The maximum absolute atomic E-state index is 11.8. The topological polar surface area (TPSA) is 57.3 Å². The number of hydrogen-bond acceptors (Lipinski definition) is 4. The highest BCUT2D eigenvalue weighted by atomic mass is 32.1. The van der Waals surface area contributed by atoms with Crippen molar-refractivity contribution < 1.29 is 4.79 Å². The summed E-state index contributed by atoms with van der Waals surface area (Å²) in [5.41, 5.74) is 4.95. The number of rotatable bonds is 8. The molecule has 0 aliphatic carbocycles. The second kappa shape index (κ2) is 9.53. The van der Waals surface area contributed by atoms with Crippen molar-refractivity contribution in [1.82, 2.24) is 15.2 Å². The molecular formula is C19H28N4OS. The molecule has 2 rings (SSSR count). The zero-order valence-electron chi connectivity index (χ0n) is 15.6. The first-order valence-electron chi connectivity index (χ1n) is 8.65. The van der Waals surface area contributed by atoms with E-state index >= 15 is 0 Å². The van der Waals surface area contributed by atoms with E-state index in [1.807, 2.05) is 12.3 Å². The molecule has 0 aliphatic heterocycles. The molecule has 1 aromatic carbocycles. The summed E-state index contributed by atoms with van der Waals surface area (Å²) in [6.07, 6.45) is 2.01. The number of nitrogens with one attached hydrogen (secondary N) is 2. The second-order valence-electron chi connectivity index (χ2n) is 6.54. The van der Waals surface area contributed by atoms with E-state index < -0.39 is 0 Å². The average molecular weight is 361 g/mol. The minimum atomic E-state index is -0.183. The van der Waals surface area contributed by atoms with Crippen LogP contribution in [-0.4, -0.2) is 36.1 Å². The summed E-state index contributed by atoms with van der Waals surface area (Å²) >= 11 is 1.44. The largest absolute Gasteiger partial charge is 0.338 e. The Morgan fingerprint density at radius 2 is 2.00 bits per heavy atom. The van der Waals surface area contributed by atoms with Crippen LogP contribution in [0.1, 0.15) is 35.2 Å². The standard InChI is InChI=1S/C19H28N4OS/c1-14-7-8-17(11-15(14)2)12-23(4)10-6-5-9-20-18(24)22-19-21-16(3)13-25-19/h7-8,11,13H,5-6,9-10,12H2,1-4H3,(H2,20,21,22,24). The van der Waals surface area contributed by atoms with E-state index in [4.69, 9.17) is 0 Å². The fourth-order valence-corrected chi connectivity index (χ4v) is 3.24. The van der Waals surface area contributed by atoms with Gasteiger partial charge in [0.1, 0.15) is 0 Å². The van der Waals surface area contributed by atoms with Gasteiger partial charge in [0.15, 0.2) is 5.13 Å².